The van der Waals surface area contributed by atoms with Crippen molar-refractivity contribution in [3.8, 4) is 17.2 Å². The van der Waals surface area contributed by atoms with E-state index in [1.54, 1.807) is 30.3 Å². The maximum atomic E-state index is 13.2. The van der Waals surface area contributed by atoms with Crippen molar-refractivity contribution in [1.82, 2.24) is 4.98 Å². The SMILES string of the molecule is Fc1cccc(-c2nc(CO/N=C/c3ccccc3OC(F)F)co2)c1. The van der Waals surface area contributed by atoms with Crippen LogP contribution in [0.25, 0.3) is 11.5 Å². The Bertz CT molecular complexity index is 897. The van der Waals surface area contributed by atoms with Crippen LogP contribution in [0.1, 0.15) is 11.3 Å². The standard InChI is InChI=1S/C18H13F3N2O3/c19-14-6-3-5-12(8-14)17-23-15(10-24-17)11-25-22-9-13-4-1-2-7-16(13)26-18(20)21/h1-10,18H,11H2/b22-9+. The van der Waals surface area contributed by atoms with Crippen LogP contribution in [0.5, 0.6) is 5.75 Å². The molecule has 0 aliphatic rings. The molecule has 3 rings (SSSR count). The van der Waals surface area contributed by atoms with Crippen LogP contribution >= 0.6 is 0 Å². The molecule has 0 atom stereocenters. The van der Waals surface area contributed by atoms with Crippen LogP contribution in [0.15, 0.2) is 64.4 Å². The Morgan fingerprint density at radius 3 is 2.81 bits per heavy atom. The molecule has 1 aromatic heterocycles. The van der Waals surface area contributed by atoms with Crippen LogP contribution < -0.4 is 4.74 Å². The van der Waals surface area contributed by atoms with Gasteiger partial charge in [0.1, 0.15) is 23.5 Å². The highest BCUT2D eigenvalue weighted by Crippen LogP contribution is 2.20. The fraction of sp³-hybridized carbons (Fsp3) is 0.111. The number of aromatic nitrogens is 1. The highest BCUT2D eigenvalue weighted by Gasteiger charge is 2.09. The van der Waals surface area contributed by atoms with Crippen LogP contribution in [0.4, 0.5) is 13.2 Å². The van der Waals surface area contributed by atoms with E-state index in [1.165, 1.54) is 30.7 Å². The van der Waals surface area contributed by atoms with E-state index in [1.807, 2.05) is 0 Å². The van der Waals surface area contributed by atoms with Gasteiger partial charge in [0, 0.05) is 11.1 Å². The molecule has 0 saturated heterocycles. The van der Waals surface area contributed by atoms with E-state index in [0.29, 0.717) is 16.8 Å². The van der Waals surface area contributed by atoms with Gasteiger partial charge in [-0.15, -0.1) is 0 Å². The summed E-state index contributed by atoms with van der Waals surface area (Å²) in [6.07, 6.45) is 2.62. The molecule has 0 amide bonds. The minimum absolute atomic E-state index is 0.00676. The Morgan fingerprint density at radius 2 is 2.00 bits per heavy atom. The third-order valence-corrected chi connectivity index (χ3v) is 3.24. The second-order valence-electron chi connectivity index (χ2n) is 5.08. The highest BCUT2D eigenvalue weighted by atomic mass is 19.3. The van der Waals surface area contributed by atoms with Gasteiger partial charge in [-0.1, -0.05) is 23.4 Å². The summed E-state index contributed by atoms with van der Waals surface area (Å²) in [5.41, 5.74) is 1.28. The van der Waals surface area contributed by atoms with Crippen LogP contribution in [-0.4, -0.2) is 17.8 Å². The smallest absolute Gasteiger partial charge is 0.387 e. The normalized spacial score (nSPS) is 11.2. The minimum Gasteiger partial charge on any atom is -0.444 e. The minimum atomic E-state index is -2.93. The molecule has 5 nitrogen and oxygen atoms in total. The van der Waals surface area contributed by atoms with Gasteiger partial charge < -0.3 is 14.0 Å². The third-order valence-electron chi connectivity index (χ3n) is 3.24. The van der Waals surface area contributed by atoms with E-state index in [2.05, 4.69) is 14.9 Å². The number of para-hydroxylation sites is 1. The van der Waals surface area contributed by atoms with Gasteiger partial charge in [-0.3, -0.25) is 0 Å². The molecule has 0 aliphatic carbocycles. The fourth-order valence-electron chi connectivity index (χ4n) is 2.12. The number of oxime groups is 1. The summed E-state index contributed by atoms with van der Waals surface area (Å²) in [5.74, 6) is -0.153. The Balaban J connectivity index is 1.60. The molecular formula is C18H13F3N2O3. The summed E-state index contributed by atoms with van der Waals surface area (Å²) in [6.45, 7) is -2.94. The molecule has 0 spiro atoms. The number of rotatable bonds is 7. The van der Waals surface area contributed by atoms with Crippen molar-refractivity contribution in [2.45, 2.75) is 13.2 Å². The van der Waals surface area contributed by atoms with Crippen molar-refractivity contribution in [3.05, 3.63) is 71.9 Å². The lowest BCUT2D eigenvalue weighted by atomic mass is 10.2. The van der Waals surface area contributed by atoms with Crippen molar-refractivity contribution >= 4 is 6.21 Å². The molecule has 0 aliphatic heterocycles. The van der Waals surface area contributed by atoms with Crippen LogP contribution in [-0.2, 0) is 11.4 Å². The van der Waals surface area contributed by atoms with Gasteiger partial charge in [-0.2, -0.15) is 8.78 Å². The molecule has 0 saturated carbocycles. The Hall–Kier alpha value is -3.29. The molecule has 8 heteroatoms. The predicted molar refractivity (Wildman–Crippen MR) is 87.4 cm³/mol. The predicted octanol–water partition coefficient (Wildman–Crippen LogP) is 4.63. The number of halogens is 3. The number of ether oxygens (including phenoxy) is 1. The molecule has 2 aromatic carbocycles. The lowest BCUT2D eigenvalue weighted by molar-refractivity contribution is -0.0499. The first-order chi connectivity index (χ1) is 12.6. The van der Waals surface area contributed by atoms with Crippen molar-refractivity contribution in [3.63, 3.8) is 0 Å². The van der Waals surface area contributed by atoms with Crippen LogP contribution in [0.3, 0.4) is 0 Å². The average molecular weight is 362 g/mol. The van der Waals surface area contributed by atoms with Gasteiger partial charge in [0.05, 0.1) is 6.21 Å². The molecule has 0 bridgehead atoms. The number of hydrogen-bond acceptors (Lipinski definition) is 5. The summed E-state index contributed by atoms with van der Waals surface area (Å²) in [5, 5.41) is 3.71. The first-order valence-electron chi connectivity index (χ1n) is 7.51. The Labute approximate surface area is 146 Å². The first-order valence-corrected chi connectivity index (χ1v) is 7.51. The maximum Gasteiger partial charge on any atom is 0.387 e. The van der Waals surface area contributed by atoms with Crippen LogP contribution in [0.2, 0.25) is 0 Å². The van der Waals surface area contributed by atoms with Gasteiger partial charge in [0.25, 0.3) is 0 Å². The lowest BCUT2D eigenvalue weighted by Gasteiger charge is -2.06. The summed E-state index contributed by atoms with van der Waals surface area (Å²) in [7, 11) is 0. The number of benzene rings is 2. The van der Waals surface area contributed by atoms with E-state index in [9.17, 15) is 13.2 Å². The summed E-state index contributed by atoms with van der Waals surface area (Å²) in [6, 6.07) is 12.0. The molecule has 0 unspecified atom stereocenters. The molecule has 0 N–H and O–H groups in total. The van der Waals surface area contributed by atoms with Gasteiger partial charge in [0.2, 0.25) is 5.89 Å². The summed E-state index contributed by atoms with van der Waals surface area (Å²) >= 11 is 0. The second kappa shape index (κ2) is 8.19. The fourth-order valence-corrected chi connectivity index (χ4v) is 2.12. The molecule has 0 radical (unpaired) electrons. The zero-order chi connectivity index (χ0) is 18.4. The van der Waals surface area contributed by atoms with E-state index in [0.717, 1.165) is 0 Å². The maximum absolute atomic E-state index is 13.2. The topological polar surface area (TPSA) is 56.9 Å². The Kier molecular flexibility index (Phi) is 5.52. The third kappa shape index (κ3) is 4.62. The van der Waals surface area contributed by atoms with Gasteiger partial charge in [-0.05, 0) is 30.3 Å². The monoisotopic (exact) mass is 362 g/mol. The van der Waals surface area contributed by atoms with Crippen molar-refractivity contribution < 1.29 is 27.2 Å². The van der Waals surface area contributed by atoms with Gasteiger partial charge >= 0.3 is 6.61 Å². The van der Waals surface area contributed by atoms with E-state index >= 15 is 0 Å². The molecule has 3 aromatic rings. The zero-order valence-corrected chi connectivity index (χ0v) is 13.3. The molecule has 0 fully saturated rings. The van der Waals surface area contributed by atoms with Crippen molar-refractivity contribution in [2.24, 2.45) is 5.16 Å². The molecule has 134 valence electrons. The zero-order valence-electron chi connectivity index (χ0n) is 13.3. The highest BCUT2D eigenvalue weighted by molar-refractivity contribution is 5.83. The molecular weight excluding hydrogens is 349 g/mol. The van der Waals surface area contributed by atoms with Crippen LogP contribution in [0, 0.1) is 5.82 Å². The number of alkyl halides is 2. The first kappa shape index (κ1) is 17.5. The van der Waals surface area contributed by atoms with E-state index in [-0.39, 0.29) is 18.2 Å². The molecule has 1 heterocycles. The van der Waals surface area contributed by atoms with Crippen molar-refractivity contribution in [1.29, 1.82) is 0 Å². The number of oxazole rings is 1. The van der Waals surface area contributed by atoms with E-state index in [4.69, 9.17) is 9.25 Å². The number of nitrogens with zero attached hydrogens (tertiary/aromatic N) is 2. The number of hydrogen-bond donors (Lipinski definition) is 0. The van der Waals surface area contributed by atoms with Gasteiger partial charge in [-0.25, -0.2) is 9.37 Å². The summed E-state index contributed by atoms with van der Waals surface area (Å²) in [4.78, 5) is 9.25. The largest absolute Gasteiger partial charge is 0.444 e. The second-order valence-corrected chi connectivity index (χ2v) is 5.08. The van der Waals surface area contributed by atoms with E-state index < -0.39 is 12.4 Å². The summed E-state index contributed by atoms with van der Waals surface area (Å²) < 4.78 is 47.5. The molecule has 26 heavy (non-hydrogen) atoms. The average Bonchev–Trinajstić information content (AvgIpc) is 3.08. The Morgan fingerprint density at radius 1 is 1.15 bits per heavy atom. The quantitative estimate of drug-likeness (QED) is 0.454. The van der Waals surface area contributed by atoms with Gasteiger partial charge in [0.15, 0.2) is 6.61 Å². The van der Waals surface area contributed by atoms with Crippen molar-refractivity contribution in [2.75, 3.05) is 0 Å². The lowest BCUT2D eigenvalue weighted by Crippen LogP contribution is -2.04.